The van der Waals surface area contributed by atoms with Crippen molar-refractivity contribution in [3.05, 3.63) is 79.0 Å². The minimum atomic E-state index is -0.289. The molecule has 4 aromatic heterocycles. The summed E-state index contributed by atoms with van der Waals surface area (Å²) in [6.07, 6.45) is 9.26. The summed E-state index contributed by atoms with van der Waals surface area (Å²) in [6, 6.07) is 17.0. The number of rotatable bonds is 9. The third-order valence-electron chi connectivity index (χ3n) is 8.49. The topological polar surface area (TPSA) is 115 Å². The molecule has 45 heavy (non-hydrogen) atoms. The molecule has 0 spiro atoms. The minimum Gasteiger partial charge on any atom is -0.384 e. The average molecular weight is 603 g/mol. The zero-order chi connectivity index (χ0) is 30.9. The van der Waals surface area contributed by atoms with Crippen molar-refractivity contribution in [1.82, 2.24) is 30.0 Å². The lowest BCUT2D eigenvalue weighted by molar-refractivity contribution is -0.119. The summed E-state index contributed by atoms with van der Waals surface area (Å²) < 4.78 is 14.7. The second kappa shape index (κ2) is 12.1. The van der Waals surface area contributed by atoms with E-state index >= 15 is 0 Å². The monoisotopic (exact) mass is 602 g/mol. The van der Waals surface area contributed by atoms with Crippen LogP contribution in [0.1, 0.15) is 25.7 Å². The highest BCUT2D eigenvalue weighted by Gasteiger charge is 2.23. The van der Waals surface area contributed by atoms with Crippen molar-refractivity contribution in [2.24, 2.45) is 5.92 Å². The highest BCUT2D eigenvalue weighted by atomic mass is 19.1. The predicted molar refractivity (Wildman–Crippen MR) is 177 cm³/mol. The number of benzene rings is 2. The Kier molecular flexibility index (Phi) is 7.72. The SMILES string of the molecule is CN(C)CCNc1cc(F)cc(-c2cccc3[nH]c(-c4n[nH]c5cnc(-c6cncc(NC(=O)C7CCCC7)c6)cc45)cc23)c1. The van der Waals surface area contributed by atoms with Gasteiger partial charge in [-0.3, -0.25) is 19.9 Å². The lowest BCUT2D eigenvalue weighted by Gasteiger charge is -2.13. The second-order valence-electron chi connectivity index (χ2n) is 12.0. The van der Waals surface area contributed by atoms with E-state index in [4.69, 9.17) is 0 Å². The fourth-order valence-corrected chi connectivity index (χ4v) is 6.17. The Morgan fingerprint density at radius 1 is 0.956 bits per heavy atom. The number of hydrogen-bond acceptors (Lipinski definition) is 6. The molecule has 0 bridgehead atoms. The van der Waals surface area contributed by atoms with Gasteiger partial charge < -0.3 is 20.5 Å². The van der Waals surface area contributed by atoms with Crippen LogP contribution in [0.15, 0.2) is 73.2 Å². The first kappa shape index (κ1) is 28.7. The molecule has 9 nitrogen and oxygen atoms in total. The zero-order valence-corrected chi connectivity index (χ0v) is 25.3. The molecule has 1 fully saturated rings. The number of pyridine rings is 2. The molecule has 1 amide bonds. The molecule has 7 rings (SSSR count). The van der Waals surface area contributed by atoms with Crippen LogP contribution in [0.5, 0.6) is 0 Å². The van der Waals surface area contributed by atoms with Crippen molar-refractivity contribution in [3.8, 4) is 33.8 Å². The van der Waals surface area contributed by atoms with E-state index in [1.54, 1.807) is 24.7 Å². The maximum absolute atomic E-state index is 14.7. The molecule has 0 aliphatic heterocycles. The van der Waals surface area contributed by atoms with Crippen LogP contribution in [0.4, 0.5) is 15.8 Å². The number of nitrogens with zero attached hydrogens (tertiary/aromatic N) is 4. The number of aromatic amines is 2. The van der Waals surface area contributed by atoms with Crippen molar-refractivity contribution < 1.29 is 9.18 Å². The van der Waals surface area contributed by atoms with Gasteiger partial charge in [-0.15, -0.1) is 0 Å². The van der Waals surface area contributed by atoms with E-state index in [0.717, 1.165) is 93.5 Å². The van der Waals surface area contributed by atoms with Gasteiger partial charge in [-0.05, 0) is 80.5 Å². The molecule has 1 aliphatic rings. The maximum Gasteiger partial charge on any atom is 0.227 e. The summed E-state index contributed by atoms with van der Waals surface area (Å²) in [5.41, 5.74) is 7.95. The van der Waals surface area contributed by atoms with Crippen LogP contribution in [0, 0.1) is 11.7 Å². The Morgan fingerprint density at radius 2 is 1.80 bits per heavy atom. The molecule has 4 N–H and O–H groups in total. The molecule has 10 heteroatoms. The van der Waals surface area contributed by atoms with Gasteiger partial charge in [-0.1, -0.05) is 25.0 Å². The lowest BCUT2D eigenvalue weighted by atomic mass is 10.0. The zero-order valence-electron chi connectivity index (χ0n) is 25.3. The molecule has 2 aromatic carbocycles. The largest absolute Gasteiger partial charge is 0.384 e. The first-order valence-corrected chi connectivity index (χ1v) is 15.3. The summed E-state index contributed by atoms with van der Waals surface area (Å²) in [4.78, 5) is 27.3. The van der Waals surface area contributed by atoms with Gasteiger partial charge in [-0.25, -0.2) is 4.39 Å². The molecule has 4 heterocycles. The maximum atomic E-state index is 14.7. The van der Waals surface area contributed by atoms with Crippen molar-refractivity contribution in [3.63, 3.8) is 0 Å². The number of carbonyl (C=O) groups is 1. The van der Waals surface area contributed by atoms with Crippen LogP contribution in [-0.4, -0.2) is 63.1 Å². The molecule has 1 saturated carbocycles. The Balaban J connectivity index is 1.20. The molecule has 0 saturated heterocycles. The van der Waals surface area contributed by atoms with Gasteiger partial charge in [0.05, 0.1) is 35.0 Å². The Hall–Kier alpha value is -5.09. The van der Waals surface area contributed by atoms with Gasteiger partial charge in [-0.2, -0.15) is 5.10 Å². The number of aromatic nitrogens is 5. The number of halogens is 1. The Bertz CT molecular complexity index is 2010. The predicted octanol–water partition coefficient (Wildman–Crippen LogP) is 7.08. The minimum absolute atomic E-state index is 0.0558. The molecule has 0 unspecified atom stereocenters. The van der Waals surface area contributed by atoms with Crippen LogP contribution >= 0.6 is 0 Å². The third kappa shape index (κ3) is 6.01. The van der Waals surface area contributed by atoms with Crippen LogP contribution in [-0.2, 0) is 4.79 Å². The van der Waals surface area contributed by atoms with Gasteiger partial charge >= 0.3 is 0 Å². The summed E-state index contributed by atoms with van der Waals surface area (Å²) >= 11 is 0. The van der Waals surface area contributed by atoms with E-state index in [9.17, 15) is 9.18 Å². The smallest absolute Gasteiger partial charge is 0.227 e. The second-order valence-corrected chi connectivity index (χ2v) is 12.0. The lowest BCUT2D eigenvalue weighted by Crippen LogP contribution is -2.20. The number of hydrogen-bond donors (Lipinski definition) is 4. The fraction of sp³-hybridized carbons (Fsp3) is 0.257. The number of fused-ring (bicyclic) bond motifs is 2. The summed E-state index contributed by atoms with van der Waals surface area (Å²) in [5.74, 6) is -0.163. The first-order valence-electron chi connectivity index (χ1n) is 15.3. The fourth-order valence-electron chi connectivity index (χ4n) is 6.17. The first-order chi connectivity index (χ1) is 21.9. The van der Waals surface area contributed by atoms with Gasteiger partial charge in [0.1, 0.15) is 11.5 Å². The van der Waals surface area contributed by atoms with Crippen molar-refractivity contribution in [1.29, 1.82) is 0 Å². The highest BCUT2D eigenvalue weighted by Crippen LogP contribution is 2.36. The van der Waals surface area contributed by atoms with E-state index in [2.05, 4.69) is 46.7 Å². The van der Waals surface area contributed by atoms with Gasteiger partial charge in [0, 0.05) is 52.7 Å². The third-order valence-corrected chi connectivity index (χ3v) is 8.49. The van der Waals surface area contributed by atoms with Crippen molar-refractivity contribution >= 4 is 39.1 Å². The molecule has 0 atom stereocenters. The van der Waals surface area contributed by atoms with E-state index in [-0.39, 0.29) is 17.6 Å². The van der Waals surface area contributed by atoms with Crippen LogP contribution in [0.2, 0.25) is 0 Å². The normalized spacial score (nSPS) is 13.7. The van der Waals surface area contributed by atoms with E-state index in [1.807, 2.05) is 50.5 Å². The molecule has 228 valence electrons. The summed E-state index contributed by atoms with van der Waals surface area (Å²) in [7, 11) is 4.02. The number of likely N-dealkylation sites (N-methyl/N-ethyl adjacent to an activating group) is 1. The number of anilines is 2. The van der Waals surface area contributed by atoms with Crippen LogP contribution in [0.25, 0.3) is 55.6 Å². The van der Waals surface area contributed by atoms with Crippen molar-refractivity contribution in [2.45, 2.75) is 25.7 Å². The van der Waals surface area contributed by atoms with E-state index in [1.165, 1.54) is 6.07 Å². The molecular formula is C35H35FN8O. The number of nitrogens with one attached hydrogen (secondary N) is 4. The number of H-pyrrole nitrogens is 2. The van der Waals surface area contributed by atoms with Crippen LogP contribution < -0.4 is 10.6 Å². The molecule has 6 aromatic rings. The standard InChI is InChI=1S/C35H35FN8O/c1-44(2)11-10-38-25-13-22(12-24(36)15-25)27-8-5-9-30-28(27)16-32(41-30)34-29-17-31(39-20-33(29)42-43-34)23-14-26(19-37-18-23)40-35(45)21-6-3-4-7-21/h5,8-9,12-21,38,41H,3-4,6-7,10-11H2,1-2H3,(H,40,45)(H,42,43). The average Bonchev–Trinajstić information content (AvgIpc) is 3.80. The molecule has 0 radical (unpaired) electrons. The quantitative estimate of drug-likeness (QED) is 0.141. The Morgan fingerprint density at radius 3 is 2.64 bits per heavy atom. The van der Waals surface area contributed by atoms with Gasteiger partial charge in [0.2, 0.25) is 5.91 Å². The Labute approximate surface area is 260 Å². The summed E-state index contributed by atoms with van der Waals surface area (Å²) in [5, 5.41) is 16.0. The van der Waals surface area contributed by atoms with Crippen molar-refractivity contribution in [2.75, 3.05) is 37.8 Å². The summed E-state index contributed by atoms with van der Waals surface area (Å²) in [6.45, 7) is 1.56. The van der Waals surface area contributed by atoms with Gasteiger partial charge in [0.15, 0.2) is 0 Å². The van der Waals surface area contributed by atoms with E-state index in [0.29, 0.717) is 12.2 Å². The number of amides is 1. The van der Waals surface area contributed by atoms with Crippen LogP contribution in [0.3, 0.4) is 0 Å². The highest BCUT2D eigenvalue weighted by molar-refractivity contribution is 6.02. The molecular weight excluding hydrogens is 567 g/mol. The number of carbonyl (C=O) groups excluding carboxylic acids is 1. The van der Waals surface area contributed by atoms with Gasteiger partial charge in [0.25, 0.3) is 0 Å². The van der Waals surface area contributed by atoms with E-state index < -0.39 is 0 Å². The molecule has 1 aliphatic carbocycles.